The highest BCUT2D eigenvalue weighted by molar-refractivity contribution is 7.47. The molecule has 0 bridgehead atoms. The Morgan fingerprint density at radius 1 is 0.564 bits per heavy atom. The third-order valence-electron chi connectivity index (χ3n) is 9.34. The first kappa shape index (κ1) is 53.5. The number of esters is 1. The second kappa shape index (κ2) is 39.3. The fraction of sp³-hybridized carbons (Fsp3) is 0.804. The molecule has 2 atom stereocenters. The van der Waals surface area contributed by atoms with Crippen LogP contribution in [0.3, 0.4) is 0 Å². The zero-order chi connectivity index (χ0) is 40.6. The van der Waals surface area contributed by atoms with Crippen LogP contribution in [0.25, 0.3) is 0 Å². The summed E-state index contributed by atoms with van der Waals surface area (Å²) in [5.74, 6) is -0.330. The molecule has 0 aromatic carbocycles. The molecule has 0 heterocycles. The van der Waals surface area contributed by atoms with Crippen molar-refractivity contribution in [1.82, 2.24) is 0 Å². The number of likely N-dealkylation sites (N-methyl/N-ethyl adjacent to an activating group) is 1. The minimum absolute atomic E-state index is 0.0838. The topological polar surface area (TPSA) is 91.3 Å². The molecule has 0 saturated carbocycles. The van der Waals surface area contributed by atoms with Crippen LogP contribution in [0, 0.1) is 0 Å². The molecule has 0 amide bonds. The monoisotopic (exact) mass is 797 g/mol. The SMILES string of the molecule is CCC/C=C\C/C=C\CCCCCCCC(=O)OC(COCCCCCCCCCCCC/C=C\C/C=C\CCCCC)COP(=O)(O)OCC[N+](C)(C)C. The number of phosphoric ester groups is 1. The first-order chi connectivity index (χ1) is 26.6. The van der Waals surface area contributed by atoms with Gasteiger partial charge in [-0.1, -0.05) is 152 Å². The summed E-state index contributed by atoms with van der Waals surface area (Å²) in [6.07, 6.45) is 47.1. The van der Waals surface area contributed by atoms with Crippen LogP contribution < -0.4 is 0 Å². The fourth-order valence-corrected chi connectivity index (χ4v) is 6.60. The highest BCUT2D eigenvalue weighted by Crippen LogP contribution is 2.43. The Morgan fingerprint density at radius 3 is 1.55 bits per heavy atom. The summed E-state index contributed by atoms with van der Waals surface area (Å²) in [4.78, 5) is 22.9. The summed E-state index contributed by atoms with van der Waals surface area (Å²) in [6, 6.07) is 0. The van der Waals surface area contributed by atoms with Gasteiger partial charge >= 0.3 is 13.8 Å². The number of rotatable bonds is 41. The van der Waals surface area contributed by atoms with E-state index in [0.29, 0.717) is 24.1 Å². The molecule has 0 rings (SSSR count). The minimum atomic E-state index is -4.28. The molecule has 0 fully saturated rings. The van der Waals surface area contributed by atoms with Gasteiger partial charge in [-0.2, -0.15) is 0 Å². The first-order valence-electron chi connectivity index (χ1n) is 22.4. The third kappa shape index (κ3) is 43.4. The van der Waals surface area contributed by atoms with Crippen LogP contribution in [0.15, 0.2) is 48.6 Å². The predicted octanol–water partition coefficient (Wildman–Crippen LogP) is 13.2. The molecular weight excluding hydrogens is 709 g/mol. The highest BCUT2D eigenvalue weighted by Gasteiger charge is 2.26. The largest absolute Gasteiger partial charge is 0.472 e. The molecule has 0 saturated heterocycles. The zero-order valence-electron chi connectivity index (χ0n) is 36.4. The molecule has 0 spiro atoms. The molecule has 0 aromatic heterocycles. The number of unbranched alkanes of at least 4 members (excludes halogenated alkanes) is 19. The maximum absolute atomic E-state index is 12.7. The molecule has 322 valence electrons. The molecule has 0 aliphatic heterocycles. The molecule has 55 heavy (non-hydrogen) atoms. The van der Waals surface area contributed by atoms with Gasteiger partial charge in [0.2, 0.25) is 0 Å². The lowest BCUT2D eigenvalue weighted by atomic mass is 10.1. The second-order valence-corrected chi connectivity index (χ2v) is 17.5. The maximum atomic E-state index is 12.7. The van der Waals surface area contributed by atoms with E-state index in [1.54, 1.807) is 0 Å². The molecule has 1 N–H and O–H groups in total. The third-order valence-corrected chi connectivity index (χ3v) is 10.3. The maximum Gasteiger partial charge on any atom is 0.472 e. The quantitative estimate of drug-likeness (QED) is 0.0217. The average Bonchev–Trinajstić information content (AvgIpc) is 3.13. The predicted molar refractivity (Wildman–Crippen MR) is 233 cm³/mol. The number of ether oxygens (including phenoxy) is 2. The molecule has 0 aliphatic carbocycles. The fourth-order valence-electron chi connectivity index (χ4n) is 5.86. The molecular formula is C46H87NO7P+. The average molecular weight is 797 g/mol. The Balaban J connectivity index is 4.20. The molecule has 8 nitrogen and oxygen atoms in total. The van der Waals surface area contributed by atoms with E-state index in [0.717, 1.165) is 70.6 Å². The van der Waals surface area contributed by atoms with Crippen LogP contribution in [0.1, 0.15) is 181 Å². The van der Waals surface area contributed by atoms with Crippen LogP contribution in [-0.4, -0.2) is 75.6 Å². The number of carbonyl (C=O) groups excluding carboxylic acids is 1. The molecule has 2 unspecified atom stereocenters. The highest BCUT2D eigenvalue weighted by atomic mass is 31.2. The van der Waals surface area contributed by atoms with Crippen molar-refractivity contribution >= 4 is 13.8 Å². The summed E-state index contributed by atoms with van der Waals surface area (Å²) >= 11 is 0. The van der Waals surface area contributed by atoms with Crippen molar-refractivity contribution in [2.75, 3.05) is 54.1 Å². The molecule has 0 aromatic rings. The Morgan fingerprint density at radius 2 is 1.04 bits per heavy atom. The smallest absolute Gasteiger partial charge is 0.457 e. The normalized spacial score (nSPS) is 14.2. The van der Waals surface area contributed by atoms with E-state index in [2.05, 4.69) is 62.5 Å². The van der Waals surface area contributed by atoms with Crippen LogP contribution in [0.5, 0.6) is 0 Å². The zero-order valence-corrected chi connectivity index (χ0v) is 37.3. The summed E-state index contributed by atoms with van der Waals surface area (Å²) in [6.45, 7) is 5.51. The van der Waals surface area contributed by atoms with Crippen molar-refractivity contribution in [3.8, 4) is 0 Å². The van der Waals surface area contributed by atoms with Gasteiger partial charge in [-0.3, -0.25) is 13.8 Å². The van der Waals surface area contributed by atoms with Crippen molar-refractivity contribution in [3.63, 3.8) is 0 Å². The van der Waals surface area contributed by atoms with Gasteiger partial charge in [-0.05, 0) is 70.6 Å². The number of hydrogen-bond donors (Lipinski definition) is 1. The number of quaternary nitrogens is 1. The lowest BCUT2D eigenvalue weighted by Crippen LogP contribution is -2.37. The van der Waals surface area contributed by atoms with Crippen LogP contribution >= 0.6 is 7.82 Å². The van der Waals surface area contributed by atoms with Gasteiger partial charge in [-0.15, -0.1) is 0 Å². The van der Waals surface area contributed by atoms with Gasteiger partial charge in [0.25, 0.3) is 0 Å². The van der Waals surface area contributed by atoms with Gasteiger partial charge in [0.1, 0.15) is 19.3 Å². The second-order valence-electron chi connectivity index (χ2n) is 16.1. The molecule has 0 radical (unpaired) electrons. The Hall–Kier alpha value is -1.54. The summed E-state index contributed by atoms with van der Waals surface area (Å²) < 4.78 is 35.0. The molecule has 9 heteroatoms. The standard InChI is InChI=1S/C46H86NO7P/c1-6-8-10-12-14-16-18-20-21-22-23-24-25-26-28-30-32-34-36-38-41-51-43-45(44-53-55(49,50)52-42-40-47(3,4)5)54-46(48)39-37-35-33-31-29-27-19-17-15-13-11-9-7-2/h11,13-14,16-17,19-21,45H,6-10,12,15,18,22-44H2,1-5H3/p+1/b13-11-,16-14-,19-17-,21-20-. The van der Waals surface area contributed by atoms with Crippen LogP contribution in [0.2, 0.25) is 0 Å². The number of carbonyl (C=O) groups is 1. The van der Waals surface area contributed by atoms with Crippen LogP contribution in [0.4, 0.5) is 0 Å². The van der Waals surface area contributed by atoms with Gasteiger partial charge in [0, 0.05) is 13.0 Å². The lowest BCUT2D eigenvalue weighted by Gasteiger charge is -2.24. The van der Waals surface area contributed by atoms with Gasteiger partial charge in [0.05, 0.1) is 34.4 Å². The van der Waals surface area contributed by atoms with Gasteiger partial charge in [0.15, 0.2) is 0 Å². The molecule has 0 aliphatic rings. The van der Waals surface area contributed by atoms with E-state index in [1.165, 1.54) is 89.9 Å². The van der Waals surface area contributed by atoms with E-state index in [9.17, 15) is 14.3 Å². The van der Waals surface area contributed by atoms with Gasteiger partial charge in [-0.25, -0.2) is 4.57 Å². The van der Waals surface area contributed by atoms with E-state index in [-0.39, 0.29) is 25.8 Å². The number of phosphoric acid groups is 1. The van der Waals surface area contributed by atoms with Crippen LogP contribution in [-0.2, 0) is 27.9 Å². The summed E-state index contributed by atoms with van der Waals surface area (Å²) in [7, 11) is 1.65. The van der Waals surface area contributed by atoms with Crippen molar-refractivity contribution < 1.29 is 37.3 Å². The number of allylic oxidation sites excluding steroid dienone is 8. The first-order valence-corrected chi connectivity index (χ1v) is 23.9. The van der Waals surface area contributed by atoms with E-state index in [1.807, 2.05) is 21.1 Å². The summed E-state index contributed by atoms with van der Waals surface area (Å²) in [5, 5.41) is 0. The Bertz CT molecular complexity index is 1020. The Labute approximate surface area is 339 Å². The number of nitrogens with zero attached hydrogens (tertiary/aromatic N) is 1. The lowest BCUT2D eigenvalue weighted by molar-refractivity contribution is -0.870. The van der Waals surface area contributed by atoms with E-state index in [4.69, 9.17) is 18.5 Å². The minimum Gasteiger partial charge on any atom is -0.457 e. The van der Waals surface area contributed by atoms with Gasteiger partial charge < -0.3 is 18.9 Å². The van der Waals surface area contributed by atoms with E-state index < -0.39 is 13.9 Å². The van der Waals surface area contributed by atoms with Crippen molar-refractivity contribution in [2.24, 2.45) is 0 Å². The van der Waals surface area contributed by atoms with E-state index >= 15 is 0 Å². The number of hydrogen-bond acceptors (Lipinski definition) is 6. The van der Waals surface area contributed by atoms with Crippen molar-refractivity contribution in [2.45, 2.75) is 187 Å². The van der Waals surface area contributed by atoms with Crippen molar-refractivity contribution in [1.29, 1.82) is 0 Å². The Kier molecular flexibility index (Phi) is 38.2. The summed E-state index contributed by atoms with van der Waals surface area (Å²) in [5.41, 5.74) is 0. The van der Waals surface area contributed by atoms with Crippen molar-refractivity contribution in [3.05, 3.63) is 48.6 Å².